The SMILES string of the molecule is CCCc1nc(C)c2c(=O)[nH]c(-c3cc(N4C(=S)N(c5ccc(C#N)c(C(F)(F)F)c5)C(=O)C45CCC5)ncc3OCC)nn12. The number of aromatic nitrogens is 5. The number of nitriles is 1. The summed E-state index contributed by atoms with van der Waals surface area (Å²) in [6.45, 7) is 5.80. The third-order valence-corrected chi connectivity index (χ3v) is 8.50. The van der Waals surface area contributed by atoms with Crippen molar-refractivity contribution < 1.29 is 22.7 Å². The second kappa shape index (κ2) is 11.0. The van der Waals surface area contributed by atoms with E-state index < -0.39 is 34.3 Å². The number of imidazole rings is 1. The number of carbonyl (C=O) groups is 1. The Morgan fingerprint density at radius 1 is 1.20 bits per heavy atom. The molecule has 1 saturated heterocycles. The topological polar surface area (TPSA) is 133 Å². The van der Waals surface area contributed by atoms with Crippen LogP contribution in [0.15, 0.2) is 35.3 Å². The molecule has 0 radical (unpaired) electrons. The number of thiocarbonyl (C=S) groups is 1. The van der Waals surface area contributed by atoms with E-state index in [0.717, 1.165) is 23.5 Å². The summed E-state index contributed by atoms with van der Waals surface area (Å²) in [5, 5.41) is 13.9. The summed E-state index contributed by atoms with van der Waals surface area (Å²) in [4.78, 5) is 41.7. The van der Waals surface area contributed by atoms with Gasteiger partial charge in [0.15, 0.2) is 16.5 Å². The molecule has 1 amide bonds. The highest BCUT2D eigenvalue weighted by Gasteiger charge is 2.60. The molecule has 1 aliphatic heterocycles. The van der Waals surface area contributed by atoms with Gasteiger partial charge in [-0.2, -0.15) is 18.4 Å². The number of anilines is 2. The van der Waals surface area contributed by atoms with Crippen molar-refractivity contribution in [3.63, 3.8) is 0 Å². The fourth-order valence-corrected chi connectivity index (χ4v) is 6.38. The minimum atomic E-state index is -4.82. The lowest BCUT2D eigenvalue weighted by molar-refractivity contribution is -0.137. The Morgan fingerprint density at radius 2 is 1.96 bits per heavy atom. The third-order valence-electron chi connectivity index (χ3n) is 8.13. The van der Waals surface area contributed by atoms with E-state index in [1.165, 1.54) is 16.8 Å². The van der Waals surface area contributed by atoms with E-state index in [4.69, 9.17) is 22.1 Å². The molecule has 1 aliphatic carbocycles. The molecule has 232 valence electrons. The molecule has 15 heteroatoms. The zero-order chi connectivity index (χ0) is 32.3. The number of alkyl halides is 3. The monoisotopic (exact) mass is 636 g/mol. The maximum absolute atomic E-state index is 14.0. The van der Waals surface area contributed by atoms with E-state index in [1.807, 2.05) is 6.92 Å². The zero-order valence-electron chi connectivity index (χ0n) is 24.5. The van der Waals surface area contributed by atoms with Gasteiger partial charge in [-0.3, -0.25) is 19.4 Å². The van der Waals surface area contributed by atoms with Crippen LogP contribution < -0.4 is 20.1 Å². The number of hydrogen-bond donors (Lipinski definition) is 1. The molecule has 2 aliphatic rings. The van der Waals surface area contributed by atoms with Crippen LogP contribution in [0.25, 0.3) is 16.9 Å². The van der Waals surface area contributed by atoms with Crippen LogP contribution in [0.3, 0.4) is 0 Å². The molecular weight excluding hydrogens is 609 g/mol. The van der Waals surface area contributed by atoms with E-state index in [-0.39, 0.29) is 29.0 Å². The predicted octanol–water partition coefficient (Wildman–Crippen LogP) is 5.09. The highest BCUT2D eigenvalue weighted by molar-refractivity contribution is 7.81. The van der Waals surface area contributed by atoms with Gasteiger partial charge in [-0.05, 0) is 76.0 Å². The van der Waals surface area contributed by atoms with E-state index in [2.05, 4.69) is 15.0 Å². The smallest absolute Gasteiger partial charge is 0.417 e. The molecule has 6 rings (SSSR count). The van der Waals surface area contributed by atoms with Gasteiger partial charge in [0.25, 0.3) is 11.5 Å². The van der Waals surface area contributed by atoms with Crippen LogP contribution in [0, 0.1) is 18.3 Å². The van der Waals surface area contributed by atoms with Gasteiger partial charge in [-0.15, -0.1) is 5.10 Å². The Labute approximate surface area is 260 Å². The standard InChI is InChI=1S/C30H27F3N8O3S/c1-4-7-22-36-16(3)24-26(42)37-25(38-41(22)24)19-13-23(35-15-21(19)44-5-2)40-28(45)39(27(43)29(40)10-6-11-29)18-9-8-17(14-34)20(12-18)30(31,32)33/h8-9,12-13,15H,4-7,10-11H2,1-3H3,(H,37,38,42). The van der Waals surface area contributed by atoms with Gasteiger partial charge in [0.2, 0.25) is 0 Å². The minimum absolute atomic E-state index is 0.0625. The first kappa shape index (κ1) is 30.2. The fourth-order valence-electron chi connectivity index (χ4n) is 5.92. The zero-order valence-corrected chi connectivity index (χ0v) is 25.3. The summed E-state index contributed by atoms with van der Waals surface area (Å²) in [5.74, 6) is 0.861. The first-order valence-corrected chi connectivity index (χ1v) is 14.8. The molecule has 11 nitrogen and oxygen atoms in total. The van der Waals surface area contributed by atoms with Crippen molar-refractivity contribution in [3.05, 3.63) is 63.5 Å². The molecule has 3 aromatic heterocycles. The maximum Gasteiger partial charge on any atom is 0.417 e. The van der Waals surface area contributed by atoms with E-state index >= 15 is 0 Å². The van der Waals surface area contributed by atoms with Crippen molar-refractivity contribution >= 4 is 40.3 Å². The number of amides is 1. The van der Waals surface area contributed by atoms with Gasteiger partial charge in [0.05, 0.1) is 46.9 Å². The van der Waals surface area contributed by atoms with Gasteiger partial charge in [-0.25, -0.2) is 14.5 Å². The van der Waals surface area contributed by atoms with Gasteiger partial charge in [0, 0.05) is 6.42 Å². The lowest BCUT2D eigenvalue weighted by Gasteiger charge is -2.42. The number of rotatable bonds is 7. The van der Waals surface area contributed by atoms with Gasteiger partial charge in [-0.1, -0.05) is 6.92 Å². The summed E-state index contributed by atoms with van der Waals surface area (Å²) in [6, 6.07) is 6.22. The minimum Gasteiger partial charge on any atom is -0.491 e. The first-order chi connectivity index (χ1) is 21.4. The number of H-pyrrole nitrogens is 1. The van der Waals surface area contributed by atoms with Crippen molar-refractivity contribution in [1.29, 1.82) is 5.26 Å². The summed E-state index contributed by atoms with van der Waals surface area (Å²) in [7, 11) is 0. The highest BCUT2D eigenvalue weighted by atomic mass is 32.1. The van der Waals surface area contributed by atoms with Crippen LogP contribution in [0.4, 0.5) is 24.7 Å². The number of fused-ring (bicyclic) bond motifs is 1. The normalized spacial score (nSPS) is 16.0. The van der Waals surface area contributed by atoms with Crippen LogP contribution in [-0.2, 0) is 17.4 Å². The summed E-state index contributed by atoms with van der Waals surface area (Å²) >= 11 is 5.75. The van der Waals surface area contributed by atoms with Crippen molar-refractivity contribution in [2.75, 3.05) is 16.4 Å². The molecule has 2 fully saturated rings. The molecule has 0 unspecified atom stereocenters. The number of hydrogen-bond acceptors (Lipinski definition) is 8. The molecule has 1 aromatic carbocycles. The lowest BCUT2D eigenvalue weighted by atomic mass is 9.75. The Bertz CT molecular complexity index is 1980. The second-order valence-electron chi connectivity index (χ2n) is 10.9. The summed E-state index contributed by atoms with van der Waals surface area (Å²) < 4.78 is 48.8. The van der Waals surface area contributed by atoms with Crippen LogP contribution in [0.5, 0.6) is 5.75 Å². The Balaban J connectivity index is 1.49. The first-order valence-electron chi connectivity index (χ1n) is 14.4. The number of nitrogens with one attached hydrogen (secondary N) is 1. The van der Waals surface area contributed by atoms with Crippen molar-refractivity contribution in [2.24, 2.45) is 0 Å². The maximum atomic E-state index is 14.0. The number of pyridine rings is 1. The van der Waals surface area contributed by atoms with E-state index in [0.29, 0.717) is 54.0 Å². The van der Waals surface area contributed by atoms with Crippen molar-refractivity contribution in [3.8, 4) is 23.2 Å². The van der Waals surface area contributed by atoms with Crippen molar-refractivity contribution in [1.82, 2.24) is 24.6 Å². The molecule has 1 spiro atoms. The molecule has 0 bridgehead atoms. The van der Waals surface area contributed by atoms with Gasteiger partial charge in [0.1, 0.15) is 22.9 Å². The number of ether oxygens (including phenoxy) is 1. The average molecular weight is 637 g/mol. The largest absolute Gasteiger partial charge is 0.491 e. The number of aryl methyl sites for hydroxylation is 2. The number of carbonyl (C=O) groups excluding carboxylic acids is 1. The second-order valence-corrected chi connectivity index (χ2v) is 11.2. The average Bonchev–Trinajstić information content (AvgIpc) is 3.42. The summed E-state index contributed by atoms with van der Waals surface area (Å²) in [6.07, 6.45) is -0.519. The fraction of sp³-hybridized carbons (Fsp3) is 0.367. The van der Waals surface area contributed by atoms with Gasteiger partial charge < -0.3 is 9.72 Å². The van der Waals surface area contributed by atoms with E-state index in [9.17, 15) is 28.0 Å². The molecule has 0 atom stereocenters. The summed E-state index contributed by atoms with van der Waals surface area (Å²) in [5.41, 5.74) is -2.16. The van der Waals surface area contributed by atoms with Crippen LogP contribution >= 0.6 is 12.2 Å². The van der Waals surface area contributed by atoms with Crippen LogP contribution in [0.2, 0.25) is 0 Å². The molecule has 4 heterocycles. The number of nitrogens with zero attached hydrogens (tertiary/aromatic N) is 7. The third kappa shape index (κ3) is 4.71. The quantitative estimate of drug-likeness (QED) is 0.276. The Morgan fingerprint density at radius 3 is 2.58 bits per heavy atom. The molecular formula is C30H27F3N8O3S. The lowest BCUT2D eigenvalue weighted by Crippen LogP contribution is -2.55. The number of aromatic amines is 1. The number of halogens is 3. The van der Waals surface area contributed by atoms with Crippen LogP contribution in [-0.4, -0.2) is 47.7 Å². The van der Waals surface area contributed by atoms with Gasteiger partial charge >= 0.3 is 6.18 Å². The molecule has 1 saturated carbocycles. The van der Waals surface area contributed by atoms with E-state index in [1.54, 1.807) is 30.9 Å². The van der Waals surface area contributed by atoms with Crippen molar-refractivity contribution in [2.45, 2.75) is 64.6 Å². The van der Waals surface area contributed by atoms with Crippen LogP contribution in [0.1, 0.15) is 62.2 Å². The molecule has 4 aromatic rings. The molecule has 45 heavy (non-hydrogen) atoms. The Kier molecular flexibility index (Phi) is 7.35. The molecule has 1 N–H and O–H groups in total. The number of benzene rings is 1. The highest BCUT2D eigenvalue weighted by Crippen LogP contribution is 2.48. The Hall–Kier alpha value is -4.84. The predicted molar refractivity (Wildman–Crippen MR) is 162 cm³/mol.